The maximum absolute atomic E-state index is 10.2. The maximum atomic E-state index is 10.2. The van der Waals surface area contributed by atoms with Crippen molar-refractivity contribution in [3.63, 3.8) is 0 Å². The molecule has 0 bridgehead atoms. The number of aliphatic hydroxyl groups is 1. The van der Waals surface area contributed by atoms with E-state index in [2.05, 4.69) is 37.4 Å². The molecule has 4 rings (SSSR count). The number of hydrazone groups is 1. The highest BCUT2D eigenvalue weighted by atomic mass is 32.1. The van der Waals surface area contributed by atoms with Gasteiger partial charge in [0, 0.05) is 0 Å². The van der Waals surface area contributed by atoms with Crippen LogP contribution in [0, 0.1) is 34.5 Å². The molecule has 27 heavy (non-hydrogen) atoms. The van der Waals surface area contributed by atoms with Crippen molar-refractivity contribution in [2.24, 2.45) is 45.3 Å². The lowest BCUT2D eigenvalue weighted by Crippen LogP contribution is -2.53. The SMILES string of the molecule is C/C(=N\NC(N)=S)C1=CC[C@H]2[C@H]3CC[C@H]4C[C@@H](O)CC[C@]4(C)[C@@H]3CC[C@]12C. The molecule has 0 aliphatic heterocycles. The summed E-state index contributed by atoms with van der Waals surface area (Å²) in [5, 5.41) is 14.9. The van der Waals surface area contributed by atoms with Gasteiger partial charge in [-0.15, -0.1) is 0 Å². The number of nitrogens with two attached hydrogens (primary N) is 1. The second kappa shape index (κ2) is 6.84. The summed E-state index contributed by atoms with van der Waals surface area (Å²) in [5.74, 6) is 3.08. The molecule has 5 heteroatoms. The molecule has 4 nitrogen and oxygen atoms in total. The van der Waals surface area contributed by atoms with Crippen molar-refractivity contribution in [2.45, 2.75) is 78.2 Å². The summed E-state index contributed by atoms with van der Waals surface area (Å²) in [5.41, 5.74) is 11.4. The van der Waals surface area contributed by atoms with Gasteiger partial charge in [0.15, 0.2) is 5.11 Å². The molecule has 4 aliphatic rings. The fourth-order valence-corrected chi connectivity index (χ4v) is 7.61. The third-order valence-electron chi connectivity index (χ3n) is 8.94. The largest absolute Gasteiger partial charge is 0.393 e. The Morgan fingerprint density at radius 1 is 1.22 bits per heavy atom. The number of aliphatic hydroxyl groups excluding tert-OH is 1. The molecule has 0 spiro atoms. The Hall–Kier alpha value is -0.940. The van der Waals surface area contributed by atoms with Crippen molar-refractivity contribution in [3.05, 3.63) is 11.6 Å². The van der Waals surface area contributed by atoms with Crippen molar-refractivity contribution in [1.82, 2.24) is 5.43 Å². The van der Waals surface area contributed by atoms with Crippen molar-refractivity contribution < 1.29 is 5.11 Å². The standard InChI is InChI=1S/C22H35N3OS/c1-13(24-25-20(23)27)17-6-7-18-16-5-4-14-12-15(26)8-10-21(14,2)19(16)9-11-22(17,18)3/h6,14-16,18-19,26H,4-5,7-12H2,1-3H3,(H3,23,25,27)/b24-13+/t14-,15-,16+,18-,19+,21-,22+/m0/s1. The second-order valence-corrected chi connectivity index (χ2v) is 10.5. The van der Waals surface area contributed by atoms with Gasteiger partial charge in [0.1, 0.15) is 0 Å². The monoisotopic (exact) mass is 389 g/mol. The number of nitrogens with one attached hydrogen (secondary N) is 1. The van der Waals surface area contributed by atoms with Crippen molar-refractivity contribution in [3.8, 4) is 0 Å². The molecule has 4 N–H and O–H groups in total. The Morgan fingerprint density at radius 2 is 2.00 bits per heavy atom. The number of fused-ring (bicyclic) bond motifs is 5. The molecule has 0 heterocycles. The first kappa shape index (κ1) is 19.4. The number of hydrogen-bond acceptors (Lipinski definition) is 3. The molecule has 7 atom stereocenters. The van der Waals surface area contributed by atoms with E-state index in [4.69, 9.17) is 18.0 Å². The van der Waals surface area contributed by atoms with E-state index in [1.165, 1.54) is 44.1 Å². The molecule has 0 aromatic carbocycles. The predicted octanol–water partition coefficient (Wildman–Crippen LogP) is 4.14. The summed E-state index contributed by atoms with van der Waals surface area (Å²) in [4.78, 5) is 0. The Kier molecular flexibility index (Phi) is 4.91. The van der Waals surface area contributed by atoms with Crippen LogP contribution in [0.3, 0.4) is 0 Å². The van der Waals surface area contributed by atoms with E-state index in [0.717, 1.165) is 42.2 Å². The zero-order valence-electron chi connectivity index (χ0n) is 17.0. The van der Waals surface area contributed by atoms with E-state index in [1.54, 1.807) is 0 Å². The first-order chi connectivity index (χ1) is 12.8. The first-order valence-corrected chi connectivity index (χ1v) is 11.2. The van der Waals surface area contributed by atoms with Crippen LogP contribution in [0.4, 0.5) is 0 Å². The second-order valence-electron chi connectivity index (χ2n) is 10.1. The van der Waals surface area contributed by atoms with Crippen LogP contribution in [-0.2, 0) is 0 Å². The average Bonchev–Trinajstić information content (AvgIpc) is 2.97. The lowest BCUT2D eigenvalue weighted by atomic mass is 9.44. The molecule has 0 aromatic rings. The zero-order valence-corrected chi connectivity index (χ0v) is 17.8. The van der Waals surface area contributed by atoms with Crippen LogP contribution in [0.5, 0.6) is 0 Å². The molecule has 0 amide bonds. The van der Waals surface area contributed by atoms with E-state index >= 15 is 0 Å². The quantitative estimate of drug-likeness (QED) is 0.377. The normalized spacial score (nSPS) is 46.7. The number of rotatable bonds is 2. The van der Waals surface area contributed by atoms with Crippen molar-refractivity contribution in [1.29, 1.82) is 0 Å². The van der Waals surface area contributed by atoms with Crippen LogP contribution in [0.2, 0.25) is 0 Å². The Bertz CT molecular complexity index is 689. The number of hydrogen-bond donors (Lipinski definition) is 3. The summed E-state index contributed by atoms with van der Waals surface area (Å²) in [6, 6.07) is 0. The lowest BCUT2D eigenvalue weighted by molar-refractivity contribution is -0.117. The molecule has 4 aliphatic carbocycles. The van der Waals surface area contributed by atoms with Gasteiger partial charge < -0.3 is 10.8 Å². The van der Waals surface area contributed by atoms with Crippen molar-refractivity contribution >= 4 is 23.0 Å². The highest BCUT2D eigenvalue weighted by Crippen LogP contribution is 2.66. The minimum absolute atomic E-state index is 0.0618. The highest BCUT2D eigenvalue weighted by molar-refractivity contribution is 7.80. The smallest absolute Gasteiger partial charge is 0.184 e. The number of nitrogens with zero attached hydrogens (tertiary/aromatic N) is 1. The van der Waals surface area contributed by atoms with Gasteiger partial charge in [-0.2, -0.15) is 5.10 Å². The van der Waals surface area contributed by atoms with Crippen LogP contribution in [0.15, 0.2) is 16.8 Å². The van der Waals surface area contributed by atoms with Gasteiger partial charge in [0.05, 0.1) is 11.8 Å². The van der Waals surface area contributed by atoms with E-state index in [9.17, 15) is 5.11 Å². The van der Waals surface area contributed by atoms with E-state index in [1.807, 2.05) is 0 Å². The number of thiocarbonyl (C=S) groups is 1. The van der Waals surface area contributed by atoms with E-state index < -0.39 is 0 Å². The minimum atomic E-state index is -0.0618. The van der Waals surface area contributed by atoms with Crippen LogP contribution in [0.25, 0.3) is 0 Å². The molecule has 150 valence electrons. The third-order valence-corrected chi connectivity index (χ3v) is 9.03. The van der Waals surface area contributed by atoms with Gasteiger partial charge in [-0.05, 0) is 111 Å². The van der Waals surface area contributed by atoms with Gasteiger partial charge in [0.2, 0.25) is 0 Å². The van der Waals surface area contributed by atoms with Crippen LogP contribution >= 0.6 is 12.2 Å². The average molecular weight is 390 g/mol. The van der Waals surface area contributed by atoms with Gasteiger partial charge >= 0.3 is 0 Å². The molecule has 0 saturated heterocycles. The highest BCUT2D eigenvalue weighted by Gasteiger charge is 2.58. The summed E-state index contributed by atoms with van der Waals surface area (Å²) >= 11 is 4.90. The van der Waals surface area contributed by atoms with Gasteiger partial charge in [-0.25, -0.2) is 0 Å². The van der Waals surface area contributed by atoms with Crippen LogP contribution in [0.1, 0.15) is 72.1 Å². The molecular weight excluding hydrogens is 354 g/mol. The maximum Gasteiger partial charge on any atom is 0.184 e. The molecule has 0 unspecified atom stereocenters. The molecule has 3 fully saturated rings. The van der Waals surface area contributed by atoms with E-state index in [-0.39, 0.29) is 16.6 Å². The molecule has 0 radical (unpaired) electrons. The molecular formula is C22H35N3OS. The summed E-state index contributed by atoms with van der Waals surface area (Å²) in [6.07, 6.45) is 12.0. The zero-order chi connectivity index (χ0) is 19.4. The fraction of sp³-hybridized carbons (Fsp3) is 0.818. The Morgan fingerprint density at radius 3 is 2.74 bits per heavy atom. The first-order valence-electron chi connectivity index (χ1n) is 10.7. The lowest BCUT2D eigenvalue weighted by Gasteiger charge is -2.60. The Labute approximate surface area is 169 Å². The number of allylic oxidation sites excluding steroid dienone is 2. The predicted molar refractivity (Wildman–Crippen MR) is 114 cm³/mol. The summed E-state index contributed by atoms with van der Waals surface area (Å²) in [6.45, 7) is 7.09. The molecule has 0 aromatic heterocycles. The topological polar surface area (TPSA) is 70.6 Å². The Balaban J connectivity index is 1.56. The minimum Gasteiger partial charge on any atom is -0.393 e. The van der Waals surface area contributed by atoms with Gasteiger partial charge in [-0.1, -0.05) is 19.9 Å². The van der Waals surface area contributed by atoms with Crippen molar-refractivity contribution in [2.75, 3.05) is 0 Å². The molecule has 3 saturated carbocycles. The van der Waals surface area contributed by atoms with Crippen LogP contribution in [-0.4, -0.2) is 22.0 Å². The van der Waals surface area contributed by atoms with Gasteiger partial charge in [0.25, 0.3) is 0 Å². The van der Waals surface area contributed by atoms with Crippen LogP contribution < -0.4 is 11.2 Å². The summed E-state index contributed by atoms with van der Waals surface area (Å²) in [7, 11) is 0. The summed E-state index contributed by atoms with van der Waals surface area (Å²) < 4.78 is 0. The van der Waals surface area contributed by atoms with E-state index in [0.29, 0.717) is 5.41 Å². The van der Waals surface area contributed by atoms with Gasteiger partial charge in [-0.3, -0.25) is 5.43 Å². The fourth-order valence-electron chi connectivity index (χ4n) is 7.56. The third kappa shape index (κ3) is 3.05.